The van der Waals surface area contributed by atoms with E-state index in [2.05, 4.69) is 25.8 Å². The lowest BCUT2D eigenvalue weighted by Crippen LogP contribution is -2.51. The molecule has 1 aromatic heterocycles. The van der Waals surface area contributed by atoms with Crippen molar-refractivity contribution in [2.24, 2.45) is 10.9 Å². The van der Waals surface area contributed by atoms with Crippen molar-refractivity contribution in [2.75, 3.05) is 46.3 Å². The van der Waals surface area contributed by atoms with Crippen molar-refractivity contribution in [1.29, 1.82) is 0 Å². The first kappa shape index (κ1) is 28.5. The molecule has 1 saturated heterocycles. The molecule has 1 aromatic carbocycles. The van der Waals surface area contributed by atoms with Gasteiger partial charge in [-0.15, -0.1) is 0 Å². The number of piperidine rings is 1. The van der Waals surface area contributed by atoms with Gasteiger partial charge in [0.15, 0.2) is 16.6 Å². The second kappa shape index (κ2) is 12.1. The van der Waals surface area contributed by atoms with Crippen LogP contribution in [0.3, 0.4) is 0 Å². The molecule has 1 fully saturated rings. The number of guanidine groups is 1. The molecule has 0 amide bonds. The van der Waals surface area contributed by atoms with Gasteiger partial charge in [-0.05, 0) is 56.4 Å². The summed E-state index contributed by atoms with van der Waals surface area (Å²) in [6.45, 7) is 5.85. The van der Waals surface area contributed by atoms with Gasteiger partial charge in [0.1, 0.15) is 16.4 Å². The number of benzene rings is 1. The van der Waals surface area contributed by atoms with Gasteiger partial charge in [0, 0.05) is 26.2 Å². The fraction of sp³-hybridized carbons (Fsp3) is 0.500. The van der Waals surface area contributed by atoms with E-state index >= 15 is 0 Å². The molecule has 4 rings (SSSR count). The molecule has 1 atom stereocenters. The van der Waals surface area contributed by atoms with Crippen LogP contribution in [0.15, 0.2) is 29.0 Å². The molecule has 2 aliphatic rings. The predicted molar refractivity (Wildman–Crippen MR) is 149 cm³/mol. The van der Waals surface area contributed by atoms with Gasteiger partial charge < -0.3 is 40.0 Å². The maximum Gasteiger partial charge on any atom is 0.347 e. The van der Waals surface area contributed by atoms with Crippen LogP contribution in [0.2, 0.25) is 0 Å². The Balaban J connectivity index is 1.60. The summed E-state index contributed by atoms with van der Waals surface area (Å²) in [6, 6.07) is 3.77. The van der Waals surface area contributed by atoms with E-state index in [1.807, 2.05) is 25.1 Å². The molecule has 0 radical (unpaired) electrons. The van der Waals surface area contributed by atoms with Crippen molar-refractivity contribution in [3.63, 3.8) is 0 Å². The van der Waals surface area contributed by atoms with E-state index in [0.29, 0.717) is 46.5 Å². The Bertz CT molecular complexity index is 1230. The Labute approximate surface area is 231 Å². The summed E-state index contributed by atoms with van der Waals surface area (Å²) in [5, 5.41) is 29.5. The Morgan fingerprint density at radius 3 is 2.41 bits per heavy atom. The van der Waals surface area contributed by atoms with Crippen molar-refractivity contribution < 1.29 is 29.2 Å². The van der Waals surface area contributed by atoms with Gasteiger partial charge in [0.2, 0.25) is 11.7 Å². The van der Waals surface area contributed by atoms with Gasteiger partial charge in [-0.3, -0.25) is 5.32 Å². The molecular formula is C26H36N6O6S. The number of aliphatic hydroxyl groups is 1. The van der Waals surface area contributed by atoms with Gasteiger partial charge in [-0.1, -0.05) is 11.3 Å². The minimum atomic E-state index is -1.01. The lowest BCUT2D eigenvalue weighted by atomic mass is 9.97. The molecule has 13 heteroatoms. The number of rotatable bonds is 10. The number of hydrogen-bond acceptors (Lipinski definition) is 12. The lowest BCUT2D eigenvalue weighted by molar-refractivity contribution is 0.0701. The summed E-state index contributed by atoms with van der Waals surface area (Å²) in [6.07, 6.45) is 3.81. The summed E-state index contributed by atoms with van der Waals surface area (Å²) in [7, 11) is 4.72. The Morgan fingerprint density at radius 2 is 1.87 bits per heavy atom. The normalized spacial score (nSPS) is 19.6. The number of hydrogen-bond donors (Lipinski definition) is 5. The third-order valence-electron chi connectivity index (χ3n) is 6.81. The number of aliphatic imine (C=N–C) groups is 1. The number of likely N-dealkylation sites (tertiary alicyclic amines) is 1. The first-order valence-electron chi connectivity index (χ1n) is 12.7. The van der Waals surface area contributed by atoms with Gasteiger partial charge in [-0.25, -0.2) is 14.8 Å². The zero-order valence-corrected chi connectivity index (χ0v) is 23.6. The van der Waals surface area contributed by atoms with Crippen molar-refractivity contribution >= 4 is 28.4 Å². The first-order valence-corrected chi connectivity index (χ1v) is 13.5. The number of ether oxygens (including phenoxy) is 3. The number of aromatic nitrogens is 1. The highest BCUT2D eigenvalue weighted by Gasteiger charge is 2.31. The van der Waals surface area contributed by atoms with Crippen LogP contribution in [0.4, 0.5) is 5.13 Å². The number of anilines is 1. The molecule has 0 spiro atoms. The smallest absolute Gasteiger partial charge is 0.347 e. The summed E-state index contributed by atoms with van der Waals surface area (Å²) in [4.78, 5) is 23.2. The van der Waals surface area contributed by atoms with E-state index in [4.69, 9.17) is 19.2 Å². The summed E-state index contributed by atoms with van der Waals surface area (Å²) >= 11 is 1.06. The summed E-state index contributed by atoms with van der Waals surface area (Å²) in [5.41, 5.74) is 0.532. The van der Waals surface area contributed by atoms with Gasteiger partial charge in [0.05, 0.1) is 27.0 Å². The molecule has 0 aliphatic carbocycles. The number of nitrogens with one attached hydrogen (secondary N) is 3. The molecule has 2 aliphatic heterocycles. The number of carbonyl (C=O) groups is 1. The number of methoxy groups -OCH3 is 3. The number of thiazole rings is 1. The van der Waals surface area contributed by atoms with Crippen LogP contribution in [-0.2, 0) is 6.54 Å². The van der Waals surface area contributed by atoms with E-state index in [9.17, 15) is 15.0 Å². The number of aryl methyl sites for hydroxylation is 1. The number of aliphatic hydroxyl groups excluding tert-OH is 1. The van der Waals surface area contributed by atoms with E-state index in [-0.39, 0.29) is 11.5 Å². The Hall–Kier alpha value is -3.55. The van der Waals surface area contributed by atoms with Crippen molar-refractivity contribution in [1.82, 2.24) is 20.5 Å². The highest BCUT2D eigenvalue weighted by atomic mass is 32.1. The summed E-state index contributed by atoms with van der Waals surface area (Å²) < 4.78 is 16.4. The fourth-order valence-electron chi connectivity index (χ4n) is 4.66. The highest BCUT2D eigenvalue weighted by Crippen LogP contribution is 2.38. The van der Waals surface area contributed by atoms with E-state index < -0.39 is 11.6 Å². The molecule has 212 valence electrons. The number of nitrogens with zero attached hydrogens (tertiary/aromatic N) is 3. The highest BCUT2D eigenvalue weighted by molar-refractivity contribution is 7.17. The van der Waals surface area contributed by atoms with Gasteiger partial charge in [-0.2, -0.15) is 0 Å². The van der Waals surface area contributed by atoms with Crippen LogP contribution in [0.1, 0.15) is 40.7 Å². The molecule has 12 nitrogen and oxygen atoms in total. The Morgan fingerprint density at radius 1 is 1.21 bits per heavy atom. The minimum absolute atomic E-state index is 0.180. The molecule has 2 aromatic rings. The number of carboxylic acid groups (broad SMARTS) is 1. The standard InChI is InChI=1S/C26H36N6O6S/c1-15-22(23(34)35)39-25(28-15)30-24-29-20(32-8-6-16(14-33)7-9-32)12-26(2,31-24)27-13-17-10-18(36-3)21(38-5)19(11-17)37-4/h10-12,16,27,33H,6-9,13-14H2,1-5H3,(H,34,35)(H2,28,29,30,31). The van der Waals surface area contributed by atoms with Gasteiger partial charge in [0.25, 0.3) is 0 Å². The second-order valence-corrected chi connectivity index (χ2v) is 10.6. The Kier molecular flexibility index (Phi) is 8.83. The molecule has 3 heterocycles. The fourth-order valence-corrected chi connectivity index (χ4v) is 5.46. The molecule has 0 saturated carbocycles. The van der Waals surface area contributed by atoms with Crippen LogP contribution in [-0.4, -0.2) is 78.7 Å². The van der Waals surface area contributed by atoms with E-state index in [1.165, 1.54) is 0 Å². The summed E-state index contributed by atoms with van der Waals surface area (Å²) in [5.74, 6) is 2.25. The van der Waals surface area contributed by atoms with Crippen LogP contribution in [0.5, 0.6) is 17.2 Å². The SMILES string of the molecule is COc1cc(CNC2(C)C=C(N3CCC(CO)CC3)NC(Nc3nc(C)c(C(=O)O)s3)=N2)cc(OC)c1OC. The van der Waals surface area contributed by atoms with Crippen molar-refractivity contribution in [3.05, 3.63) is 40.2 Å². The van der Waals surface area contributed by atoms with Gasteiger partial charge >= 0.3 is 5.97 Å². The van der Waals surface area contributed by atoms with Crippen molar-refractivity contribution in [3.8, 4) is 17.2 Å². The predicted octanol–water partition coefficient (Wildman–Crippen LogP) is 2.60. The van der Waals surface area contributed by atoms with Crippen LogP contribution in [0.25, 0.3) is 0 Å². The third kappa shape index (κ3) is 6.54. The molecular weight excluding hydrogens is 524 g/mol. The maximum atomic E-state index is 11.5. The minimum Gasteiger partial charge on any atom is -0.493 e. The largest absolute Gasteiger partial charge is 0.493 e. The van der Waals surface area contributed by atoms with Crippen molar-refractivity contribution in [2.45, 2.75) is 38.9 Å². The number of aromatic carboxylic acids is 1. The first-order chi connectivity index (χ1) is 18.7. The lowest BCUT2D eigenvalue weighted by Gasteiger charge is -2.39. The maximum absolute atomic E-state index is 11.5. The van der Waals surface area contributed by atoms with Crippen LogP contribution < -0.4 is 30.2 Å². The molecule has 0 bridgehead atoms. The van der Waals surface area contributed by atoms with E-state index in [0.717, 1.165) is 48.7 Å². The quantitative estimate of drug-likeness (QED) is 0.292. The molecule has 5 N–H and O–H groups in total. The topological polar surface area (TPSA) is 150 Å². The number of carboxylic acids is 1. The van der Waals surface area contributed by atoms with Crippen LogP contribution >= 0.6 is 11.3 Å². The molecule has 39 heavy (non-hydrogen) atoms. The van der Waals surface area contributed by atoms with E-state index in [1.54, 1.807) is 28.3 Å². The monoisotopic (exact) mass is 560 g/mol. The van der Waals surface area contributed by atoms with Crippen LogP contribution in [0, 0.1) is 12.8 Å². The zero-order valence-electron chi connectivity index (χ0n) is 22.8. The third-order valence-corrected chi connectivity index (χ3v) is 7.87. The average Bonchev–Trinajstić information content (AvgIpc) is 3.30. The second-order valence-electron chi connectivity index (χ2n) is 9.63. The average molecular weight is 561 g/mol. The molecule has 1 unspecified atom stereocenters. The zero-order chi connectivity index (χ0) is 28.2.